The molecule has 2 aromatic carbocycles. The van der Waals surface area contributed by atoms with Crippen LogP contribution in [0.5, 0.6) is 11.8 Å². The molecular weight excluding hydrogens is 544 g/mol. The monoisotopic (exact) mass is 579 g/mol. The van der Waals surface area contributed by atoms with E-state index in [1.165, 1.54) is 12.1 Å². The summed E-state index contributed by atoms with van der Waals surface area (Å²) in [4.78, 5) is 29.4. The Hall–Kier alpha value is -3.57. The second-order valence-corrected chi connectivity index (χ2v) is 11.8. The van der Waals surface area contributed by atoms with E-state index in [2.05, 4.69) is 4.90 Å². The Bertz CT molecular complexity index is 1550. The van der Waals surface area contributed by atoms with Gasteiger partial charge in [0.05, 0.1) is 30.1 Å². The molecule has 4 aliphatic heterocycles. The van der Waals surface area contributed by atoms with Crippen LogP contribution in [0.2, 0.25) is 0 Å². The Labute approximate surface area is 243 Å². The van der Waals surface area contributed by atoms with E-state index in [0.29, 0.717) is 84.8 Å². The molecule has 222 valence electrons. The minimum absolute atomic E-state index is 0.0157. The molecule has 11 heteroatoms. The maximum absolute atomic E-state index is 14.9. The lowest BCUT2D eigenvalue weighted by molar-refractivity contribution is 0.0996. The van der Waals surface area contributed by atoms with Crippen LogP contribution in [0.15, 0.2) is 24.3 Å². The third-order valence-corrected chi connectivity index (χ3v) is 9.24. The highest BCUT2D eigenvalue weighted by Gasteiger charge is 2.49. The van der Waals surface area contributed by atoms with Crippen LogP contribution in [0.25, 0.3) is 10.8 Å². The fourth-order valence-corrected chi connectivity index (χ4v) is 7.29. The number of phenols is 1. The number of amides is 1. The molecule has 1 aromatic heterocycles. The van der Waals surface area contributed by atoms with Crippen LogP contribution in [-0.4, -0.2) is 83.6 Å². The first-order valence-electron chi connectivity index (χ1n) is 14.9. The summed E-state index contributed by atoms with van der Waals surface area (Å²) in [6.45, 7) is 5.87. The summed E-state index contributed by atoms with van der Waals surface area (Å²) in [6.07, 6.45) is 2.62. The fourth-order valence-electron chi connectivity index (χ4n) is 7.29. The van der Waals surface area contributed by atoms with Crippen molar-refractivity contribution >= 4 is 28.2 Å². The predicted octanol–water partition coefficient (Wildman–Crippen LogP) is 4.38. The Kier molecular flexibility index (Phi) is 6.89. The van der Waals surface area contributed by atoms with E-state index in [-0.39, 0.29) is 42.2 Å². The van der Waals surface area contributed by atoms with Gasteiger partial charge in [-0.1, -0.05) is 13.0 Å². The average Bonchev–Trinajstić information content (AvgIpc) is 3.51. The van der Waals surface area contributed by atoms with Gasteiger partial charge in [-0.25, -0.2) is 8.78 Å². The summed E-state index contributed by atoms with van der Waals surface area (Å²) in [7, 11) is 0. The summed E-state index contributed by atoms with van der Waals surface area (Å²) in [6, 6.07) is 6.26. The first-order valence-corrected chi connectivity index (χ1v) is 14.9. The van der Waals surface area contributed by atoms with E-state index in [9.17, 15) is 18.7 Å². The molecule has 3 fully saturated rings. The summed E-state index contributed by atoms with van der Waals surface area (Å²) in [5.74, 6) is -0.205. The van der Waals surface area contributed by atoms with Crippen LogP contribution in [0.4, 0.5) is 20.3 Å². The highest BCUT2D eigenvalue weighted by Crippen LogP contribution is 2.42. The minimum Gasteiger partial charge on any atom is -0.508 e. The van der Waals surface area contributed by atoms with Gasteiger partial charge in [-0.05, 0) is 55.3 Å². The molecule has 0 aliphatic carbocycles. The van der Waals surface area contributed by atoms with Gasteiger partial charge in [-0.2, -0.15) is 9.97 Å². The number of anilines is 2. The van der Waals surface area contributed by atoms with Gasteiger partial charge in [0.25, 0.3) is 5.91 Å². The average molecular weight is 580 g/mol. The third kappa shape index (κ3) is 4.53. The fraction of sp³-hybridized carbons (Fsp3) is 0.516. The van der Waals surface area contributed by atoms with Gasteiger partial charge in [-0.15, -0.1) is 0 Å². The lowest BCUT2D eigenvalue weighted by Crippen LogP contribution is -2.43. The van der Waals surface area contributed by atoms with Gasteiger partial charge in [0.15, 0.2) is 0 Å². The van der Waals surface area contributed by atoms with Crippen molar-refractivity contribution in [1.29, 1.82) is 0 Å². The molecule has 5 heterocycles. The molecule has 42 heavy (non-hydrogen) atoms. The zero-order chi connectivity index (χ0) is 29.0. The second-order valence-electron chi connectivity index (χ2n) is 11.8. The number of aromatic hydroxyl groups is 1. The van der Waals surface area contributed by atoms with Crippen LogP contribution in [0, 0.1) is 5.82 Å². The summed E-state index contributed by atoms with van der Waals surface area (Å²) in [5, 5.41) is 11.8. The number of carbonyl (C=O) groups is 1. The van der Waals surface area contributed by atoms with Crippen LogP contribution >= 0.6 is 0 Å². The number of benzene rings is 2. The maximum atomic E-state index is 14.9. The van der Waals surface area contributed by atoms with Gasteiger partial charge in [0.2, 0.25) is 0 Å². The molecule has 3 aromatic rings. The summed E-state index contributed by atoms with van der Waals surface area (Å²) >= 11 is 0. The van der Waals surface area contributed by atoms with Crippen molar-refractivity contribution < 1.29 is 28.2 Å². The number of fused-ring (bicyclic) bond motifs is 3. The Morgan fingerprint density at radius 3 is 2.90 bits per heavy atom. The molecule has 0 unspecified atom stereocenters. The van der Waals surface area contributed by atoms with Gasteiger partial charge < -0.3 is 24.4 Å². The van der Waals surface area contributed by atoms with Crippen molar-refractivity contribution in [3.05, 3.63) is 46.9 Å². The molecule has 0 spiro atoms. The second kappa shape index (κ2) is 10.6. The molecule has 3 saturated heterocycles. The molecule has 0 saturated carbocycles. The summed E-state index contributed by atoms with van der Waals surface area (Å²) in [5.41, 5.74) is 1.43. The number of ether oxygens (including phenoxy) is 2. The van der Waals surface area contributed by atoms with Crippen molar-refractivity contribution in [3.8, 4) is 11.8 Å². The number of hydrogen-bond acceptors (Lipinski definition) is 8. The van der Waals surface area contributed by atoms with Crippen molar-refractivity contribution in [2.75, 3.05) is 55.8 Å². The molecule has 0 radical (unpaired) electrons. The van der Waals surface area contributed by atoms with Gasteiger partial charge in [0.1, 0.15) is 35.7 Å². The number of halogens is 2. The number of aromatic nitrogens is 2. The number of phenolic OH excluding ortho intramolecular Hbond substituents is 1. The third-order valence-electron chi connectivity index (χ3n) is 9.24. The van der Waals surface area contributed by atoms with Gasteiger partial charge in [-0.3, -0.25) is 9.69 Å². The van der Waals surface area contributed by atoms with E-state index in [4.69, 9.17) is 19.4 Å². The number of aryl methyl sites for hydroxylation is 1. The van der Waals surface area contributed by atoms with Crippen LogP contribution in [-0.2, 0) is 17.7 Å². The molecule has 2 atom stereocenters. The Morgan fingerprint density at radius 2 is 2.05 bits per heavy atom. The zero-order valence-electron chi connectivity index (χ0n) is 23.7. The standard InChI is InChI=1S/C31H35F2N5O4/c1-2-22-23(33)6-5-19-13-21(39)14-25(26(19)22)38-17-24-27(29(38)40)28(36-8-4-11-41-12-10-36)35-30(34-24)42-18-31-7-3-9-37(31)16-20(32)15-31/h5-6,13-14,20,39H,2-4,7-12,15-18H2,1H3/t20-,31+/m1/s1. The van der Waals surface area contributed by atoms with Crippen LogP contribution in [0.3, 0.4) is 0 Å². The first-order chi connectivity index (χ1) is 20.4. The largest absolute Gasteiger partial charge is 0.508 e. The quantitative estimate of drug-likeness (QED) is 0.460. The molecule has 4 aliphatic rings. The lowest BCUT2D eigenvalue weighted by Gasteiger charge is -2.31. The highest BCUT2D eigenvalue weighted by molar-refractivity contribution is 6.16. The molecule has 1 N–H and O–H groups in total. The number of nitrogens with zero attached hydrogens (tertiary/aromatic N) is 5. The maximum Gasteiger partial charge on any atom is 0.318 e. The first kappa shape index (κ1) is 27.3. The zero-order valence-corrected chi connectivity index (χ0v) is 23.7. The number of hydrogen-bond donors (Lipinski definition) is 1. The SMILES string of the molecule is CCc1c(F)ccc2cc(O)cc(N3Cc4nc(OC[C@@]56CCCN5C[C@H](F)C6)nc(N5CCCOCC5)c4C3=O)c12. The normalized spacial score (nSPS) is 24.4. The molecule has 9 nitrogen and oxygen atoms in total. The Morgan fingerprint density at radius 1 is 1.17 bits per heavy atom. The minimum atomic E-state index is -0.872. The van der Waals surface area contributed by atoms with E-state index in [1.54, 1.807) is 17.0 Å². The lowest BCUT2D eigenvalue weighted by atomic mass is 9.95. The predicted molar refractivity (Wildman–Crippen MR) is 154 cm³/mol. The molecule has 7 rings (SSSR count). The van der Waals surface area contributed by atoms with E-state index in [1.807, 2.05) is 11.8 Å². The number of carbonyl (C=O) groups excluding carboxylic acids is 1. The van der Waals surface area contributed by atoms with E-state index < -0.39 is 6.17 Å². The van der Waals surface area contributed by atoms with E-state index in [0.717, 1.165) is 25.8 Å². The van der Waals surface area contributed by atoms with Crippen LogP contribution in [0.1, 0.15) is 54.2 Å². The Balaban J connectivity index is 1.29. The van der Waals surface area contributed by atoms with Crippen molar-refractivity contribution in [2.45, 2.75) is 57.3 Å². The molecule has 0 bridgehead atoms. The van der Waals surface area contributed by atoms with Gasteiger partial charge >= 0.3 is 6.01 Å². The van der Waals surface area contributed by atoms with Gasteiger partial charge in [0, 0.05) is 44.1 Å². The number of rotatable bonds is 6. The van der Waals surface area contributed by atoms with Crippen molar-refractivity contribution in [3.63, 3.8) is 0 Å². The smallest absolute Gasteiger partial charge is 0.318 e. The highest BCUT2D eigenvalue weighted by atomic mass is 19.1. The topological polar surface area (TPSA) is 91.3 Å². The van der Waals surface area contributed by atoms with Crippen molar-refractivity contribution in [1.82, 2.24) is 14.9 Å². The van der Waals surface area contributed by atoms with Crippen molar-refractivity contribution in [2.24, 2.45) is 0 Å². The molecular formula is C31H35F2N5O4. The van der Waals surface area contributed by atoms with E-state index >= 15 is 0 Å². The number of alkyl halides is 1. The van der Waals surface area contributed by atoms with Crippen LogP contribution < -0.4 is 14.5 Å². The molecule has 1 amide bonds. The summed E-state index contributed by atoms with van der Waals surface area (Å²) < 4.78 is 41.2.